The van der Waals surface area contributed by atoms with Gasteiger partial charge in [-0.05, 0) is 18.8 Å². The van der Waals surface area contributed by atoms with E-state index >= 15 is 0 Å². The van der Waals surface area contributed by atoms with Crippen molar-refractivity contribution in [1.29, 1.82) is 5.26 Å². The molecule has 0 bridgehead atoms. The van der Waals surface area contributed by atoms with Gasteiger partial charge in [0.25, 0.3) is 0 Å². The van der Waals surface area contributed by atoms with E-state index in [0.29, 0.717) is 19.6 Å². The van der Waals surface area contributed by atoms with Crippen LogP contribution in [0.3, 0.4) is 0 Å². The highest BCUT2D eigenvalue weighted by atomic mass is 16.5. The zero-order valence-electron chi connectivity index (χ0n) is 8.29. The van der Waals surface area contributed by atoms with E-state index in [1.165, 1.54) is 0 Å². The summed E-state index contributed by atoms with van der Waals surface area (Å²) in [5.41, 5.74) is -0.427. The highest BCUT2D eigenvalue weighted by Crippen LogP contribution is 2.34. The van der Waals surface area contributed by atoms with E-state index in [2.05, 4.69) is 6.07 Å². The molecule has 0 aromatic rings. The van der Waals surface area contributed by atoms with Crippen LogP contribution in [0.4, 0.5) is 0 Å². The van der Waals surface area contributed by atoms with E-state index in [1.54, 1.807) is 0 Å². The maximum Gasteiger partial charge on any atom is 0.0853 e. The smallest absolute Gasteiger partial charge is 0.0853 e. The second-order valence-corrected chi connectivity index (χ2v) is 4.21. The molecule has 2 atom stereocenters. The lowest BCUT2D eigenvalue weighted by Gasteiger charge is -2.24. The maximum atomic E-state index is 9.68. The molecule has 1 saturated heterocycles. The lowest BCUT2D eigenvalue weighted by molar-refractivity contribution is 0.0726. The summed E-state index contributed by atoms with van der Waals surface area (Å²) in [6.07, 6.45) is 0.912. The number of nitrogens with zero attached hydrogens (tertiary/aromatic N) is 1. The van der Waals surface area contributed by atoms with E-state index in [1.807, 2.05) is 13.8 Å². The molecule has 0 saturated carbocycles. The van der Waals surface area contributed by atoms with Crippen molar-refractivity contribution < 1.29 is 9.84 Å². The van der Waals surface area contributed by atoms with Crippen LogP contribution in [0.5, 0.6) is 0 Å². The molecule has 74 valence electrons. The summed E-state index contributed by atoms with van der Waals surface area (Å²) in [5, 5.41) is 18.7. The topological polar surface area (TPSA) is 53.2 Å². The Labute approximate surface area is 79.3 Å². The first kappa shape index (κ1) is 10.5. The van der Waals surface area contributed by atoms with Gasteiger partial charge in [0.05, 0.1) is 24.2 Å². The molecule has 0 aliphatic carbocycles. The van der Waals surface area contributed by atoms with Crippen molar-refractivity contribution in [3.63, 3.8) is 0 Å². The zero-order chi connectivity index (χ0) is 9.90. The van der Waals surface area contributed by atoms with Gasteiger partial charge in [-0.1, -0.05) is 13.8 Å². The number of aliphatic hydroxyl groups excluding tert-OH is 1. The molecule has 1 fully saturated rings. The first-order valence-electron chi connectivity index (χ1n) is 4.77. The molecular weight excluding hydrogens is 166 g/mol. The standard InChI is InChI=1S/C10H17NO2/c1-8(2)9(12)5-10(6-11)3-4-13-7-10/h8-9,12H,3-5,7H2,1-2H3. The van der Waals surface area contributed by atoms with E-state index in [4.69, 9.17) is 10.00 Å². The van der Waals surface area contributed by atoms with E-state index in [-0.39, 0.29) is 12.0 Å². The Kier molecular flexibility index (Phi) is 3.29. The monoisotopic (exact) mass is 183 g/mol. The van der Waals surface area contributed by atoms with Crippen LogP contribution in [0.2, 0.25) is 0 Å². The summed E-state index contributed by atoms with van der Waals surface area (Å²) in [4.78, 5) is 0. The minimum atomic E-state index is -0.427. The highest BCUT2D eigenvalue weighted by molar-refractivity contribution is 5.02. The third-order valence-electron chi connectivity index (χ3n) is 2.71. The van der Waals surface area contributed by atoms with Crippen molar-refractivity contribution in [2.75, 3.05) is 13.2 Å². The second-order valence-electron chi connectivity index (χ2n) is 4.21. The van der Waals surface area contributed by atoms with Gasteiger partial charge in [0.15, 0.2) is 0 Å². The Hall–Kier alpha value is -0.590. The van der Waals surface area contributed by atoms with Gasteiger partial charge in [0, 0.05) is 6.61 Å². The molecule has 1 aliphatic rings. The van der Waals surface area contributed by atoms with Crippen LogP contribution in [-0.2, 0) is 4.74 Å². The average molecular weight is 183 g/mol. The minimum Gasteiger partial charge on any atom is -0.393 e. The van der Waals surface area contributed by atoms with Crippen molar-refractivity contribution in [3.05, 3.63) is 0 Å². The number of ether oxygens (including phenoxy) is 1. The van der Waals surface area contributed by atoms with Crippen molar-refractivity contribution in [2.45, 2.75) is 32.8 Å². The fourth-order valence-electron chi connectivity index (χ4n) is 1.54. The summed E-state index contributed by atoms with van der Waals surface area (Å²) >= 11 is 0. The summed E-state index contributed by atoms with van der Waals surface area (Å²) in [6, 6.07) is 2.28. The van der Waals surface area contributed by atoms with Gasteiger partial charge >= 0.3 is 0 Å². The van der Waals surface area contributed by atoms with E-state index in [0.717, 1.165) is 6.42 Å². The molecule has 1 aliphatic heterocycles. The third kappa shape index (κ3) is 2.43. The molecule has 2 unspecified atom stereocenters. The Morgan fingerprint density at radius 3 is 2.69 bits per heavy atom. The van der Waals surface area contributed by atoms with Crippen LogP contribution in [-0.4, -0.2) is 24.4 Å². The van der Waals surface area contributed by atoms with Crippen molar-refractivity contribution >= 4 is 0 Å². The molecule has 3 heteroatoms. The Balaban J connectivity index is 2.54. The first-order valence-corrected chi connectivity index (χ1v) is 4.77. The number of rotatable bonds is 3. The molecule has 1 rings (SSSR count). The molecule has 0 aromatic carbocycles. The average Bonchev–Trinajstić information content (AvgIpc) is 2.54. The van der Waals surface area contributed by atoms with Crippen molar-refractivity contribution in [2.24, 2.45) is 11.3 Å². The first-order chi connectivity index (χ1) is 6.09. The van der Waals surface area contributed by atoms with Crippen LogP contribution in [0.1, 0.15) is 26.7 Å². The van der Waals surface area contributed by atoms with Gasteiger partial charge in [0.2, 0.25) is 0 Å². The maximum absolute atomic E-state index is 9.68. The van der Waals surface area contributed by atoms with Crippen LogP contribution in [0.15, 0.2) is 0 Å². The molecular formula is C10H17NO2. The van der Waals surface area contributed by atoms with Gasteiger partial charge < -0.3 is 9.84 Å². The predicted molar refractivity (Wildman–Crippen MR) is 48.9 cm³/mol. The second kappa shape index (κ2) is 4.08. The summed E-state index contributed by atoms with van der Waals surface area (Å²) in [7, 11) is 0. The summed E-state index contributed by atoms with van der Waals surface area (Å²) in [5.74, 6) is 0.214. The van der Waals surface area contributed by atoms with Crippen molar-refractivity contribution in [1.82, 2.24) is 0 Å². The van der Waals surface area contributed by atoms with Gasteiger partial charge in [-0.15, -0.1) is 0 Å². The normalized spacial score (nSPS) is 30.4. The number of aliphatic hydroxyl groups is 1. The van der Waals surface area contributed by atoms with Crippen LogP contribution >= 0.6 is 0 Å². The fourth-order valence-corrected chi connectivity index (χ4v) is 1.54. The van der Waals surface area contributed by atoms with E-state index in [9.17, 15) is 5.11 Å². The lowest BCUT2D eigenvalue weighted by Crippen LogP contribution is -2.28. The van der Waals surface area contributed by atoms with Crippen LogP contribution in [0, 0.1) is 22.7 Å². The summed E-state index contributed by atoms with van der Waals surface area (Å²) < 4.78 is 5.20. The quantitative estimate of drug-likeness (QED) is 0.718. The molecule has 0 amide bonds. The number of hydrogen-bond donors (Lipinski definition) is 1. The molecule has 0 radical (unpaired) electrons. The molecule has 1 heterocycles. The van der Waals surface area contributed by atoms with Gasteiger partial charge in [0.1, 0.15) is 0 Å². The highest BCUT2D eigenvalue weighted by Gasteiger charge is 2.37. The van der Waals surface area contributed by atoms with Gasteiger partial charge in [-0.2, -0.15) is 5.26 Å². The van der Waals surface area contributed by atoms with Crippen LogP contribution < -0.4 is 0 Å². The SMILES string of the molecule is CC(C)C(O)CC1(C#N)CCOC1. The van der Waals surface area contributed by atoms with Crippen molar-refractivity contribution in [3.8, 4) is 6.07 Å². The predicted octanol–water partition coefficient (Wildman–Crippen LogP) is 1.32. The molecule has 1 N–H and O–H groups in total. The molecule has 13 heavy (non-hydrogen) atoms. The Morgan fingerprint density at radius 1 is 1.62 bits per heavy atom. The van der Waals surface area contributed by atoms with Gasteiger partial charge in [-0.3, -0.25) is 0 Å². The molecule has 0 aromatic heterocycles. The Morgan fingerprint density at radius 2 is 2.31 bits per heavy atom. The number of nitriles is 1. The Bertz CT molecular complexity index is 201. The molecule has 3 nitrogen and oxygen atoms in total. The molecule has 0 spiro atoms. The third-order valence-corrected chi connectivity index (χ3v) is 2.71. The minimum absolute atomic E-state index is 0.214. The lowest BCUT2D eigenvalue weighted by atomic mass is 9.81. The van der Waals surface area contributed by atoms with Crippen LogP contribution in [0.25, 0.3) is 0 Å². The summed E-state index contributed by atoms with van der Waals surface area (Å²) in [6.45, 7) is 5.06. The fraction of sp³-hybridized carbons (Fsp3) is 0.900. The number of hydrogen-bond acceptors (Lipinski definition) is 3. The largest absolute Gasteiger partial charge is 0.393 e. The van der Waals surface area contributed by atoms with E-state index < -0.39 is 5.41 Å². The van der Waals surface area contributed by atoms with Gasteiger partial charge in [-0.25, -0.2) is 0 Å². The zero-order valence-corrected chi connectivity index (χ0v) is 8.29.